The Morgan fingerprint density at radius 1 is 1.00 bits per heavy atom. The fourth-order valence-electron chi connectivity index (χ4n) is 3.94. The van der Waals surface area contributed by atoms with Crippen LogP contribution in [0.15, 0.2) is 54.7 Å². The molecule has 0 spiro atoms. The van der Waals surface area contributed by atoms with Gasteiger partial charge in [-0.15, -0.1) is 0 Å². The number of hydrogen-bond donors (Lipinski definition) is 0. The van der Waals surface area contributed by atoms with Gasteiger partial charge in [-0.1, -0.05) is 0 Å². The quantitative estimate of drug-likeness (QED) is 0.554. The minimum absolute atomic E-state index is 0.0625. The van der Waals surface area contributed by atoms with Gasteiger partial charge in [-0.05, 0) is 55.3 Å². The summed E-state index contributed by atoms with van der Waals surface area (Å²) in [6.07, 6.45) is 3.05. The summed E-state index contributed by atoms with van der Waals surface area (Å²) in [5.41, 5.74) is 0.652. The lowest BCUT2D eigenvalue weighted by Crippen LogP contribution is -2.37. The molecule has 0 bridgehead atoms. The van der Waals surface area contributed by atoms with Gasteiger partial charge < -0.3 is 19.1 Å². The minimum atomic E-state index is -0.325. The Bertz CT molecular complexity index is 1110. The number of hydrogen-bond acceptors (Lipinski definition) is 7. The third-order valence-electron chi connectivity index (χ3n) is 5.63. The van der Waals surface area contributed by atoms with E-state index in [9.17, 15) is 9.18 Å². The number of carbonyl (C=O) groups is 1. The number of carbonyl (C=O) groups excluding carboxylic acids is 1. The van der Waals surface area contributed by atoms with E-state index in [1.165, 1.54) is 12.1 Å². The van der Waals surface area contributed by atoms with Gasteiger partial charge in [0.15, 0.2) is 17.3 Å². The SMILES string of the molecule is O=C(c1ccc2c(c1)OCCO2)C1CCN(c2nccc(Oc3ccc(F)cc3)n2)CC1. The number of rotatable bonds is 5. The molecule has 0 amide bonds. The number of Topliss-reactive ketones (excluding diaryl/α,β-unsaturated/α-hetero) is 1. The van der Waals surface area contributed by atoms with Gasteiger partial charge in [-0.25, -0.2) is 9.37 Å². The van der Waals surface area contributed by atoms with Crippen molar-refractivity contribution in [1.29, 1.82) is 0 Å². The van der Waals surface area contributed by atoms with Gasteiger partial charge in [-0.2, -0.15) is 4.98 Å². The molecule has 5 rings (SSSR count). The molecule has 2 aromatic carbocycles. The molecule has 1 saturated heterocycles. The van der Waals surface area contributed by atoms with Gasteiger partial charge in [0, 0.05) is 36.8 Å². The van der Waals surface area contributed by atoms with Gasteiger partial charge in [-0.3, -0.25) is 4.79 Å². The topological polar surface area (TPSA) is 73.8 Å². The highest BCUT2D eigenvalue weighted by Crippen LogP contribution is 2.33. The van der Waals surface area contributed by atoms with Crippen LogP contribution in [0.25, 0.3) is 0 Å². The predicted octanol–water partition coefficient (Wildman–Crippen LogP) is 4.28. The molecular formula is C24H22FN3O4. The Morgan fingerprint density at radius 3 is 2.53 bits per heavy atom. The standard InChI is InChI=1S/C24H22FN3O4/c25-18-2-4-19(5-3-18)32-22-7-10-26-24(27-22)28-11-8-16(9-12-28)23(29)17-1-6-20-21(15-17)31-14-13-30-20/h1-7,10,15-16H,8-9,11-14H2. The Labute approximate surface area is 184 Å². The van der Waals surface area contributed by atoms with E-state index in [0.717, 1.165) is 0 Å². The molecule has 0 radical (unpaired) electrons. The number of piperidine rings is 1. The summed E-state index contributed by atoms with van der Waals surface area (Å²) in [6, 6.07) is 12.8. The molecular weight excluding hydrogens is 413 g/mol. The Kier molecular flexibility index (Phi) is 5.58. The minimum Gasteiger partial charge on any atom is -0.486 e. The summed E-state index contributed by atoms with van der Waals surface area (Å²) in [7, 11) is 0. The molecule has 2 aliphatic rings. The number of benzene rings is 2. The first-order valence-corrected chi connectivity index (χ1v) is 10.6. The molecule has 2 aliphatic heterocycles. The summed E-state index contributed by atoms with van der Waals surface area (Å²) in [4.78, 5) is 23.9. The van der Waals surface area contributed by atoms with E-state index in [1.54, 1.807) is 36.5 Å². The van der Waals surface area contributed by atoms with Crippen LogP contribution >= 0.6 is 0 Å². The number of fused-ring (bicyclic) bond motifs is 1. The molecule has 1 aromatic heterocycles. The van der Waals surface area contributed by atoms with Crippen molar-refractivity contribution >= 4 is 11.7 Å². The molecule has 0 unspecified atom stereocenters. The second kappa shape index (κ2) is 8.82. The van der Waals surface area contributed by atoms with E-state index in [4.69, 9.17) is 14.2 Å². The largest absolute Gasteiger partial charge is 0.486 e. The molecule has 3 heterocycles. The van der Waals surface area contributed by atoms with E-state index in [0.29, 0.717) is 73.8 Å². The predicted molar refractivity (Wildman–Crippen MR) is 115 cm³/mol. The second-order valence-corrected chi connectivity index (χ2v) is 7.73. The lowest BCUT2D eigenvalue weighted by molar-refractivity contribution is 0.0899. The summed E-state index contributed by atoms with van der Waals surface area (Å²) in [6.45, 7) is 2.35. The molecule has 32 heavy (non-hydrogen) atoms. The first-order valence-electron chi connectivity index (χ1n) is 10.6. The zero-order valence-corrected chi connectivity index (χ0v) is 17.4. The van der Waals surface area contributed by atoms with Crippen LogP contribution in [-0.4, -0.2) is 42.1 Å². The monoisotopic (exact) mass is 435 g/mol. The molecule has 3 aromatic rings. The van der Waals surface area contributed by atoms with E-state index in [1.807, 2.05) is 11.0 Å². The highest BCUT2D eigenvalue weighted by Gasteiger charge is 2.28. The van der Waals surface area contributed by atoms with Crippen LogP contribution in [0.3, 0.4) is 0 Å². The number of nitrogens with zero attached hydrogens (tertiary/aromatic N) is 3. The van der Waals surface area contributed by atoms with Crippen molar-refractivity contribution in [2.45, 2.75) is 12.8 Å². The molecule has 0 atom stereocenters. The van der Waals surface area contributed by atoms with E-state index in [-0.39, 0.29) is 17.5 Å². The van der Waals surface area contributed by atoms with Crippen LogP contribution in [0, 0.1) is 11.7 Å². The first-order chi connectivity index (χ1) is 15.7. The zero-order chi connectivity index (χ0) is 21.9. The Hall–Kier alpha value is -3.68. The summed E-state index contributed by atoms with van der Waals surface area (Å²) >= 11 is 0. The van der Waals surface area contributed by atoms with Crippen LogP contribution in [0.2, 0.25) is 0 Å². The van der Waals surface area contributed by atoms with E-state index >= 15 is 0 Å². The summed E-state index contributed by atoms with van der Waals surface area (Å²) in [5.74, 6) is 2.48. The van der Waals surface area contributed by atoms with E-state index in [2.05, 4.69) is 9.97 Å². The highest BCUT2D eigenvalue weighted by atomic mass is 19.1. The Morgan fingerprint density at radius 2 is 1.75 bits per heavy atom. The van der Waals surface area contributed by atoms with Crippen LogP contribution in [0.5, 0.6) is 23.1 Å². The average molecular weight is 435 g/mol. The first kappa shape index (κ1) is 20.2. The van der Waals surface area contributed by atoms with Crippen molar-refractivity contribution in [3.63, 3.8) is 0 Å². The molecule has 0 aliphatic carbocycles. The van der Waals surface area contributed by atoms with Crippen molar-refractivity contribution < 1.29 is 23.4 Å². The number of anilines is 1. The van der Waals surface area contributed by atoms with Crippen molar-refractivity contribution in [2.75, 3.05) is 31.2 Å². The Balaban J connectivity index is 1.22. The van der Waals surface area contributed by atoms with Crippen molar-refractivity contribution in [1.82, 2.24) is 9.97 Å². The normalized spacial score (nSPS) is 16.0. The van der Waals surface area contributed by atoms with Gasteiger partial charge in [0.1, 0.15) is 24.8 Å². The van der Waals surface area contributed by atoms with Gasteiger partial charge in [0.25, 0.3) is 0 Å². The maximum Gasteiger partial charge on any atom is 0.228 e. The van der Waals surface area contributed by atoms with E-state index < -0.39 is 0 Å². The van der Waals surface area contributed by atoms with Crippen LogP contribution in [0.4, 0.5) is 10.3 Å². The fourth-order valence-corrected chi connectivity index (χ4v) is 3.94. The third-order valence-corrected chi connectivity index (χ3v) is 5.63. The van der Waals surface area contributed by atoms with Crippen molar-refractivity contribution in [2.24, 2.45) is 5.92 Å². The van der Waals surface area contributed by atoms with Gasteiger partial charge >= 0.3 is 0 Å². The average Bonchev–Trinajstić information content (AvgIpc) is 2.85. The summed E-state index contributed by atoms with van der Waals surface area (Å²) in [5, 5.41) is 0. The molecule has 164 valence electrons. The fraction of sp³-hybridized carbons (Fsp3) is 0.292. The number of ether oxygens (including phenoxy) is 3. The maximum atomic E-state index is 13.1. The lowest BCUT2D eigenvalue weighted by Gasteiger charge is -2.31. The number of aromatic nitrogens is 2. The summed E-state index contributed by atoms with van der Waals surface area (Å²) < 4.78 is 29.9. The smallest absolute Gasteiger partial charge is 0.228 e. The number of halogens is 1. The lowest BCUT2D eigenvalue weighted by atomic mass is 9.89. The second-order valence-electron chi connectivity index (χ2n) is 7.73. The molecule has 0 N–H and O–H groups in total. The van der Waals surface area contributed by atoms with Crippen LogP contribution < -0.4 is 19.1 Å². The molecule has 7 nitrogen and oxygen atoms in total. The van der Waals surface area contributed by atoms with Crippen molar-refractivity contribution in [3.8, 4) is 23.1 Å². The highest BCUT2D eigenvalue weighted by molar-refractivity contribution is 5.98. The van der Waals surface area contributed by atoms with Gasteiger partial charge in [0.2, 0.25) is 11.8 Å². The van der Waals surface area contributed by atoms with Gasteiger partial charge in [0.05, 0.1) is 0 Å². The third kappa shape index (κ3) is 4.34. The zero-order valence-electron chi connectivity index (χ0n) is 17.4. The molecule has 1 fully saturated rings. The van der Waals surface area contributed by atoms with Crippen LogP contribution in [-0.2, 0) is 0 Å². The van der Waals surface area contributed by atoms with Crippen LogP contribution in [0.1, 0.15) is 23.2 Å². The van der Waals surface area contributed by atoms with Crippen molar-refractivity contribution in [3.05, 3.63) is 66.1 Å². The number of ketones is 1. The molecule has 0 saturated carbocycles. The maximum absolute atomic E-state index is 13.1. The molecule has 8 heteroatoms.